The van der Waals surface area contributed by atoms with Gasteiger partial charge in [-0.1, -0.05) is 12.1 Å². The molecule has 3 rings (SSSR count). The number of benzene rings is 1. The summed E-state index contributed by atoms with van der Waals surface area (Å²) in [7, 11) is 3.15. The first kappa shape index (κ1) is 17.0. The minimum atomic E-state index is -0.198. The van der Waals surface area contributed by atoms with Crippen LogP contribution in [0.3, 0.4) is 0 Å². The van der Waals surface area contributed by atoms with Crippen molar-refractivity contribution in [1.29, 1.82) is 0 Å². The van der Waals surface area contributed by atoms with Gasteiger partial charge in [-0.15, -0.1) is 21.5 Å². The number of amides is 1. The molecule has 2 aromatic heterocycles. The molecule has 0 unspecified atom stereocenters. The number of nitrogens with one attached hydrogen (secondary N) is 1. The molecule has 0 spiro atoms. The maximum Gasteiger partial charge on any atom is 0.257 e. The van der Waals surface area contributed by atoms with Gasteiger partial charge in [-0.2, -0.15) is 0 Å². The monoisotopic (exact) mass is 359 g/mol. The van der Waals surface area contributed by atoms with E-state index >= 15 is 0 Å². The Hall–Kier alpha value is -2.87. The third-order valence-electron chi connectivity index (χ3n) is 3.45. The van der Waals surface area contributed by atoms with Crippen LogP contribution in [0.4, 0.5) is 0 Å². The summed E-state index contributed by atoms with van der Waals surface area (Å²) in [4.78, 5) is 12.9. The molecule has 8 heteroatoms. The lowest BCUT2D eigenvalue weighted by Gasteiger charge is -2.10. The van der Waals surface area contributed by atoms with Gasteiger partial charge in [-0.05, 0) is 29.1 Å². The third kappa shape index (κ3) is 4.16. The van der Waals surface area contributed by atoms with Crippen molar-refractivity contribution >= 4 is 17.2 Å². The van der Waals surface area contributed by atoms with Crippen LogP contribution in [-0.4, -0.2) is 30.3 Å². The summed E-state index contributed by atoms with van der Waals surface area (Å²) in [6, 6.07) is 9.27. The summed E-state index contributed by atoms with van der Waals surface area (Å²) < 4.78 is 15.9. The number of thiophene rings is 1. The molecule has 25 heavy (non-hydrogen) atoms. The summed E-state index contributed by atoms with van der Waals surface area (Å²) >= 11 is 1.50. The summed E-state index contributed by atoms with van der Waals surface area (Å²) in [6.07, 6.45) is 0.0334. The topological polar surface area (TPSA) is 86.5 Å². The first-order valence-corrected chi connectivity index (χ1v) is 8.41. The van der Waals surface area contributed by atoms with Crippen molar-refractivity contribution < 1.29 is 18.7 Å². The van der Waals surface area contributed by atoms with E-state index in [4.69, 9.17) is 13.9 Å². The predicted molar refractivity (Wildman–Crippen MR) is 92.7 cm³/mol. The summed E-state index contributed by atoms with van der Waals surface area (Å²) in [5, 5.41) is 12.6. The molecule has 0 aliphatic carbocycles. The van der Waals surface area contributed by atoms with Crippen molar-refractivity contribution in [1.82, 2.24) is 15.5 Å². The van der Waals surface area contributed by atoms with Crippen LogP contribution >= 0.6 is 11.3 Å². The van der Waals surface area contributed by atoms with Crippen LogP contribution in [0.1, 0.15) is 11.5 Å². The van der Waals surface area contributed by atoms with E-state index in [1.165, 1.54) is 11.3 Å². The molecule has 1 N–H and O–H groups in total. The van der Waals surface area contributed by atoms with E-state index in [0.717, 1.165) is 10.4 Å². The van der Waals surface area contributed by atoms with Gasteiger partial charge in [0.05, 0.1) is 19.1 Å². The number of ether oxygens (including phenoxy) is 2. The number of rotatable bonds is 7. The highest BCUT2D eigenvalue weighted by Gasteiger charge is 2.13. The lowest BCUT2D eigenvalue weighted by atomic mass is 10.2. The maximum absolute atomic E-state index is 12.1. The Balaban J connectivity index is 1.56. The lowest BCUT2D eigenvalue weighted by molar-refractivity contribution is -0.120. The van der Waals surface area contributed by atoms with Crippen molar-refractivity contribution in [2.45, 2.75) is 13.0 Å². The number of hydrogen-bond acceptors (Lipinski definition) is 7. The number of aromatic nitrogens is 2. The minimum Gasteiger partial charge on any atom is -0.493 e. The van der Waals surface area contributed by atoms with Gasteiger partial charge in [0.1, 0.15) is 6.42 Å². The van der Waals surface area contributed by atoms with Crippen LogP contribution in [0.25, 0.3) is 10.8 Å². The Bertz CT molecular complexity index is 845. The molecule has 2 heterocycles. The Labute approximate surface area is 148 Å². The van der Waals surface area contributed by atoms with E-state index in [2.05, 4.69) is 15.5 Å². The Morgan fingerprint density at radius 1 is 1.20 bits per heavy atom. The Morgan fingerprint density at radius 3 is 2.76 bits per heavy atom. The molecule has 0 saturated carbocycles. The fraction of sp³-hybridized carbons (Fsp3) is 0.235. The number of carbonyl (C=O) groups is 1. The third-order valence-corrected chi connectivity index (χ3v) is 4.31. The lowest BCUT2D eigenvalue weighted by Crippen LogP contribution is -2.24. The first-order chi connectivity index (χ1) is 12.2. The predicted octanol–water partition coefficient (Wildman–Crippen LogP) is 2.67. The first-order valence-electron chi connectivity index (χ1n) is 7.53. The van der Waals surface area contributed by atoms with Crippen LogP contribution in [0.5, 0.6) is 11.5 Å². The van der Waals surface area contributed by atoms with Crippen molar-refractivity contribution in [3.63, 3.8) is 0 Å². The second-order valence-corrected chi connectivity index (χ2v) is 6.07. The van der Waals surface area contributed by atoms with E-state index in [1.54, 1.807) is 20.3 Å². The fourth-order valence-electron chi connectivity index (χ4n) is 2.22. The summed E-state index contributed by atoms with van der Waals surface area (Å²) in [5.74, 6) is 1.78. The number of carbonyl (C=O) groups excluding carboxylic acids is 1. The molecule has 0 fully saturated rings. The van der Waals surface area contributed by atoms with E-state index in [1.807, 2.05) is 29.6 Å². The van der Waals surface area contributed by atoms with Crippen LogP contribution in [-0.2, 0) is 17.8 Å². The zero-order valence-electron chi connectivity index (χ0n) is 13.8. The van der Waals surface area contributed by atoms with Crippen molar-refractivity contribution in [3.8, 4) is 22.3 Å². The molecular weight excluding hydrogens is 342 g/mol. The zero-order valence-corrected chi connectivity index (χ0v) is 14.6. The highest BCUT2D eigenvalue weighted by molar-refractivity contribution is 7.13. The molecular formula is C17H17N3O4S. The zero-order chi connectivity index (χ0) is 17.6. The van der Waals surface area contributed by atoms with Gasteiger partial charge >= 0.3 is 0 Å². The molecule has 0 radical (unpaired) electrons. The smallest absolute Gasteiger partial charge is 0.257 e. The molecule has 3 aromatic rings. The van der Waals surface area contributed by atoms with Gasteiger partial charge in [0.2, 0.25) is 11.8 Å². The van der Waals surface area contributed by atoms with E-state index in [0.29, 0.717) is 23.9 Å². The standard InChI is InChI=1S/C17H17N3O4S/c1-22-12-6-5-11(8-13(12)23-2)10-18-15(21)9-16-19-20-17(24-16)14-4-3-7-25-14/h3-8H,9-10H2,1-2H3,(H,18,21). The normalized spacial score (nSPS) is 10.5. The van der Waals surface area contributed by atoms with Gasteiger partial charge < -0.3 is 19.2 Å². The Morgan fingerprint density at radius 2 is 2.04 bits per heavy atom. The Kier molecular flexibility index (Phi) is 5.30. The van der Waals surface area contributed by atoms with E-state index in [9.17, 15) is 4.79 Å². The molecule has 0 atom stereocenters. The SMILES string of the molecule is COc1ccc(CNC(=O)Cc2nnc(-c3cccs3)o2)cc1OC. The largest absolute Gasteiger partial charge is 0.493 e. The molecule has 7 nitrogen and oxygen atoms in total. The minimum absolute atomic E-state index is 0.0334. The van der Waals surface area contributed by atoms with Crippen molar-refractivity contribution in [3.05, 3.63) is 47.2 Å². The van der Waals surface area contributed by atoms with Crippen LogP contribution in [0.15, 0.2) is 40.1 Å². The fourth-order valence-corrected chi connectivity index (χ4v) is 2.86. The van der Waals surface area contributed by atoms with Crippen LogP contribution in [0.2, 0.25) is 0 Å². The molecule has 130 valence electrons. The molecule has 0 aliphatic rings. The van der Waals surface area contributed by atoms with Crippen LogP contribution < -0.4 is 14.8 Å². The van der Waals surface area contributed by atoms with Gasteiger partial charge in [0, 0.05) is 6.54 Å². The molecule has 0 saturated heterocycles. The number of nitrogens with zero attached hydrogens (tertiary/aromatic N) is 2. The van der Waals surface area contributed by atoms with Gasteiger partial charge in [-0.3, -0.25) is 4.79 Å². The highest BCUT2D eigenvalue weighted by Crippen LogP contribution is 2.27. The number of methoxy groups -OCH3 is 2. The van der Waals surface area contributed by atoms with Gasteiger partial charge in [0.15, 0.2) is 11.5 Å². The van der Waals surface area contributed by atoms with Gasteiger partial charge in [-0.25, -0.2) is 0 Å². The van der Waals surface area contributed by atoms with Crippen LogP contribution in [0, 0.1) is 0 Å². The number of hydrogen-bond donors (Lipinski definition) is 1. The molecule has 0 bridgehead atoms. The molecule has 1 aromatic carbocycles. The van der Waals surface area contributed by atoms with E-state index < -0.39 is 0 Å². The van der Waals surface area contributed by atoms with Gasteiger partial charge in [0.25, 0.3) is 5.89 Å². The van der Waals surface area contributed by atoms with Crippen molar-refractivity contribution in [2.75, 3.05) is 14.2 Å². The molecule has 1 amide bonds. The highest BCUT2D eigenvalue weighted by atomic mass is 32.1. The van der Waals surface area contributed by atoms with Crippen molar-refractivity contribution in [2.24, 2.45) is 0 Å². The summed E-state index contributed by atoms with van der Waals surface area (Å²) in [6.45, 7) is 0.366. The van der Waals surface area contributed by atoms with E-state index in [-0.39, 0.29) is 18.2 Å². The summed E-state index contributed by atoms with van der Waals surface area (Å²) in [5.41, 5.74) is 0.899. The maximum atomic E-state index is 12.1. The second-order valence-electron chi connectivity index (χ2n) is 5.12. The quantitative estimate of drug-likeness (QED) is 0.698. The average molecular weight is 359 g/mol. The second kappa shape index (κ2) is 7.80. The molecule has 0 aliphatic heterocycles. The average Bonchev–Trinajstić information content (AvgIpc) is 3.31.